The number of rotatable bonds is 8. The summed E-state index contributed by atoms with van der Waals surface area (Å²) in [4.78, 5) is 32.3. The van der Waals surface area contributed by atoms with Crippen LogP contribution in [0.3, 0.4) is 0 Å². The molecule has 2 heterocycles. The number of halogens is 1. The van der Waals surface area contributed by atoms with Crippen LogP contribution in [0.1, 0.15) is 37.4 Å². The van der Waals surface area contributed by atoms with E-state index in [1.165, 1.54) is 23.9 Å². The summed E-state index contributed by atoms with van der Waals surface area (Å²) >= 11 is 1.41. The first-order chi connectivity index (χ1) is 16.9. The van der Waals surface area contributed by atoms with E-state index in [0.29, 0.717) is 22.2 Å². The number of ether oxygens (including phenoxy) is 2. The number of nitrogens with zero attached hydrogens (tertiary/aromatic N) is 2. The van der Waals surface area contributed by atoms with Gasteiger partial charge in [0.15, 0.2) is 5.17 Å². The van der Waals surface area contributed by atoms with Gasteiger partial charge >= 0.3 is 5.97 Å². The minimum atomic E-state index is -0.501. The first kappa shape index (κ1) is 24.5. The molecular formula is C26H26FN3O4S. The van der Waals surface area contributed by atoms with Crippen molar-refractivity contribution in [2.24, 2.45) is 4.99 Å². The van der Waals surface area contributed by atoms with Crippen molar-refractivity contribution in [3.05, 3.63) is 87.9 Å². The van der Waals surface area contributed by atoms with Crippen molar-refractivity contribution in [2.45, 2.75) is 32.9 Å². The molecule has 0 saturated heterocycles. The lowest BCUT2D eigenvalue weighted by Crippen LogP contribution is -2.38. The highest BCUT2D eigenvalue weighted by Gasteiger charge is 2.41. The van der Waals surface area contributed by atoms with Crippen molar-refractivity contribution in [2.75, 3.05) is 13.7 Å². The van der Waals surface area contributed by atoms with Crippen LogP contribution < -0.4 is 10.1 Å². The van der Waals surface area contributed by atoms with E-state index in [-0.39, 0.29) is 31.3 Å². The van der Waals surface area contributed by atoms with E-state index >= 15 is 0 Å². The summed E-state index contributed by atoms with van der Waals surface area (Å²) in [7, 11) is 1.59. The predicted octanol–water partition coefficient (Wildman–Crippen LogP) is 4.68. The molecule has 0 fully saturated rings. The third-order valence-corrected chi connectivity index (χ3v) is 6.56. The second-order valence-corrected chi connectivity index (χ2v) is 8.80. The summed E-state index contributed by atoms with van der Waals surface area (Å²) in [6.45, 7) is 4.08. The lowest BCUT2D eigenvalue weighted by atomic mass is 9.93. The van der Waals surface area contributed by atoms with Gasteiger partial charge in [0.1, 0.15) is 11.6 Å². The standard InChI is InChI=1S/C26H26FN3O4S/c1-4-34-25(32)23-16(2)29-26-30(24(23)18-7-11-21(33-3)12-8-18)20(15-35-26)13-22(31)28-14-17-5-9-19(27)10-6-17/h5-12,15,24H,4,13-14H2,1-3H3,(H,28,31)/t24-/m1/s1. The van der Waals surface area contributed by atoms with E-state index in [9.17, 15) is 14.0 Å². The lowest BCUT2D eigenvalue weighted by Gasteiger charge is -2.36. The molecule has 2 aliphatic heterocycles. The number of amidine groups is 1. The van der Waals surface area contributed by atoms with Crippen LogP contribution in [-0.2, 0) is 20.9 Å². The summed E-state index contributed by atoms with van der Waals surface area (Å²) in [5.74, 6) is -0.260. The van der Waals surface area contributed by atoms with Crippen LogP contribution in [0.5, 0.6) is 5.75 Å². The number of nitrogens with one attached hydrogen (secondary N) is 1. The molecule has 0 spiro atoms. The molecule has 182 valence electrons. The Labute approximate surface area is 207 Å². The molecule has 7 nitrogen and oxygen atoms in total. The van der Waals surface area contributed by atoms with E-state index in [2.05, 4.69) is 10.3 Å². The van der Waals surface area contributed by atoms with Crippen LogP contribution >= 0.6 is 11.8 Å². The summed E-state index contributed by atoms with van der Waals surface area (Å²) in [6.07, 6.45) is 0.0923. The molecular weight excluding hydrogens is 469 g/mol. The van der Waals surface area contributed by atoms with Crippen molar-refractivity contribution >= 4 is 28.8 Å². The van der Waals surface area contributed by atoms with Gasteiger partial charge in [-0.3, -0.25) is 4.79 Å². The van der Waals surface area contributed by atoms with Gasteiger partial charge in [-0.25, -0.2) is 14.2 Å². The molecule has 2 aliphatic rings. The molecule has 1 atom stereocenters. The summed E-state index contributed by atoms with van der Waals surface area (Å²) in [5, 5.41) is 5.45. The van der Waals surface area contributed by atoms with Crippen molar-refractivity contribution < 1.29 is 23.5 Å². The van der Waals surface area contributed by atoms with E-state index < -0.39 is 12.0 Å². The zero-order valence-corrected chi connectivity index (χ0v) is 20.5. The highest BCUT2D eigenvalue weighted by atomic mass is 32.2. The molecule has 0 aromatic heterocycles. The first-order valence-electron chi connectivity index (χ1n) is 11.2. The molecule has 0 radical (unpaired) electrons. The maximum absolute atomic E-state index is 13.1. The summed E-state index contributed by atoms with van der Waals surface area (Å²) in [6, 6.07) is 12.9. The van der Waals surface area contributed by atoms with Gasteiger partial charge in [0.25, 0.3) is 0 Å². The van der Waals surface area contributed by atoms with E-state index in [0.717, 1.165) is 16.8 Å². The minimum Gasteiger partial charge on any atom is -0.497 e. The highest BCUT2D eigenvalue weighted by Crippen LogP contribution is 2.45. The molecule has 0 unspecified atom stereocenters. The van der Waals surface area contributed by atoms with Crippen LogP contribution in [0.25, 0.3) is 0 Å². The van der Waals surface area contributed by atoms with E-state index in [4.69, 9.17) is 9.47 Å². The SMILES string of the molecule is CCOC(=O)C1=C(C)N=C2SC=C(CC(=O)NCc3ccc(F)cc3)N2[C@@H]1c1ccc(OC)cc1. The van der Waals surface area contributed by atoms with Gasteiger partial charge in [-0.05, 0) is 54.6 Å². The number of allylic oxidation sites excluding steroid dienone is 1. The van der Waals surface area contributed by atoms with Crippen LogP contribution in [0.4, 0.5) is 4.39 Å². The third-order valence-electron chi connectivity index (χ3n) is 5.67. The minimum absolute atomic E-state index is 0.0923. The fraction of sp³-hybridized carbons (Fsp3) is 0.269. The molecule has 0 aliphatic carbocycles. The number of fused-ring (bicyclic) bond motifs is 1. The second kappa shape index (κ2) is 10.8. The van der Waals surface area contributed by atoms with Crippen LogP contribution in [0.15, 0.2) is 75.9 Å². The normalized spacial score (nSPS) is 16.9. The van der Waals surface area contributed by atoms with Gasteiger partial charge in [0.05, 0.1) is 37.4 Å². The maximum Gasteiger partial charge on any atom is 0.338 e. The fourth-order valence-corrected chi connectivity index (χ4v) is 4.94. The third kappa shape index (κ3) is 5.40. The Kier molecular flexibility index (Phi) is 7.55. The Morgan fingerprint density at radius 1 is 1.14 bits per heavy atom. The van der Waals surface area contributed by atoms with Crippen molar-refractivity contribution in [1.82, 2.24) is 10.2 Å². The number of thioether (sulfide) groups is 1. The van der Waals surface area contributed by atoms with E-state index in [1.54, 1.807) is 33.1 Å². The molecule has 2 aromatic rings. The number of amides is 1. The van der Waals surface area contributed by atoms with Crippen LogP contribution in [0.2, 0.25) is 0 Å². The monoisotopic (exact) mass is 495 g/mol. The number of hydrogen-bond donors (Lipinski definition) is 1. The number of esters is 1. The average Bonchev–Trinajstić information content (AvgIpc) is 3.24. The molecule has 0 bridgehead atoms. The Morgan fingerprint density at radius 2 is 1.86 bits per heavy atom. The number of carbonyl (C=O) groups excluding carboxylic acids is 2. The molecule has 2 aromatic carbocycles. The molecule has 0 saturated carbocycles. The van der Waals surface area contributed by atoms with Crippen molar-refractivity contribution in [3.8, 4) is 5.75 Å². The first-order valence-corrected chi connectivity index (χ1v) is 12.1. The maximum atomic E-state index is 13.1. The van der Waals surface area contributed by atoms with Gasteiger partial charge in [-0.1, -0.05) is 36.0 Å². The molecule has 4 rings (SSSR count). The lowest BCUT2D eigenvalue weighted by molar-refractivity contribution is -0.139. The van der Waals surface area contributed by atoms with E-state index in [1.807, 2.05) is 34.6 Å². The summed E-state index contributed by atoms with van der Waals surface area (Å²) < 4.78 is 23.8. The second-order valence-electron chi connectivity index (χ2n) is 7.97. The number of methoxy groups -OCH3 is 1. The summed E-state index contributed by atoms with van der Waals surface area (Å²) in [5.41, 5.74) is 3.38. The Morgan fingerprint density at radius 3 is 2.51 bits per heavy atom. The fourth-order valence-electron chi connectivity index (χ4n) is 3.97. The van der Waals surface area contributed by atoms with Gasteiger partial charge in [-0.15, -0.1) is 0 Å². The van der Waals surface area contributed by atoms with Gasteiger partial charge in [0, 0.05) is 12.2 Å². The number of aliphatic imine (C=N–C) groups is 1. The molecule has 1 N–H and O–H groups in total. The number of benzene rings is 2. The Hall–Kier alpha value is -3.59. The van der Waals surface area contributed by atoms with Gasteiger partial charge in [0.2, 0.25) is 5.91 Å². The van der Waals surface area contributed by atoms with Crippen LogP contribution in [0, 0.1) is 5.82 Å². The highest BCUT2D eigenvalue weighted by molar-refractivity contribution is 8.16. The zero-order valence-electron chi connectivity index (χ0n) is 19.7. The van der Waals surface area contributed by atoms with Gasteiger partial charge in [-0.2, -0.15) is 0 Å². The Balaban J connectivity index is 1.59. The average molecular weight is 496 g/mol. The number of carbonyl (C=O) groups is 2. The van der Waals surface area contributed by atoms with Crippen LogP contribution in [-0.4, -0.2) is 35.7 Å². The van der Waals surface area contributed by atoms with Gasteiger partial charge < -0.3 is 19.7 Å². The largest absolute Gasteiger partial charge is 0.497 e. The topological polar surface area (TPSA) is 80.2 Å². The Bertz CT molecular complexity index is 1210. The zero-order chi connectivity index (χ0) is 24.9. The quantitative estimate of drug-likeness (QED) is 0.536. The van der Waals surface area contributed by atoms with Crippen molar-refractivity contribution in [3.63, 3.8) is 0 Å². The molecule has 35 heavy (non-hydrogen) atoms. The molecule has 1 amide bonds. The predicted molar refractivity (Wildman–Crippen MR) is 133 cm³/mol. The van der Waals surface area contributed by atoms with Crippen molar-refractivity contribution in [1.29, 1.82) is 0 Å². The smallest absolute Gasteiger partial charge is 0.338 e. The number of hydrogen-bond acceptors (Lipinski definition) is 7. The molecule has 9 heteroatoms.